The maximum absolute atomic E-state index is 13.2. The van der Waals surface area contributed by atoms with Crippen molar-refractivity contribution in [3.63, 3.8) is 0 Å². The maximum Gasteiger partial charge on any atom is 0.352 e. The van der Waals surface area contributed by atoms with Gasteiger partial charge in [-0.2, -0.15) is 0 Å². The molecule has 0 saturated heterocycles. The number of hydrogen-bond acceptors (Lipinski definition) is 8. The molecule has 4 rings (SSSR count). The number of ether oxygens (including phenoxy) is 3. The lowest BCUT2D eigenvalue weighted by atomic mass is 10.2. The zero-order chi connectivity index (χ0) is 24.6. The van der Waals surface area contributed by atoms with Crippen molar-refractivity contribution in [2.75, 3.05) is 26.6 Å². The van der Waals surface area contributed by atoms with Crippen LogP contribution in [0.15, 0.2) is 33.2 Å². The van der Waals surface area contributed by atoms with Gasteiger partial charge >= 0.3 is 5.69 Å². The van der Waals surface area contributed by atoms with E-state index >= 15 is 0 Å². The number of thiophene rings is 1. The Labute approximate surface area is 198 Å². The number of benzene rings is 1. The molecule has 0 aliphatic rings. The van der Waals surface area contributed by atoms with E-state index in [1.54, 1.807) is 23.6 Å². The zero-order valence-corrected chi connectivity index (χ0v) is 20.3. The number of nitrogens with zero attached hydrogens (tertiary/aromatic N) is 4. The molecule has 0 atom stereocenters. The summed E-state index contributed by atoms with van der Waals surface area (Å²) in [5.41, 5.74) is 0.167. The molecule has 0 aliphatic carbocycles. The Kier molecular flexibility index (Phi) is 6.33. The summed E-state index contributed by atoms with van der Waals surface area (Å²) in [6, 6.07) is 4.87. The van der Waals surface area contributed by atoms with E-state index in [4.69, 9.17) is 14.2 Å². The number of rotatable bonds is 8. The molecule has 1 N–H and O–H groups in total. The first-order valence-corrected chi connectivity index (χ1v) is 11.4. The van der Waals surface area contributed by atoms with E-state index in [-0.39, 0.29) is 23.8 Å². The van der Waals surface area contributed by atoms with Crippen LogP contribution in [0.1, 0.15) is 13.8 Å². The average molecular weight is 488 g/mol. The van der Waals surface area contributed by atoms with Gasteiger partial charge in [0.1, 0.15) is 11.2 Å². The Balaban J connectivity index is 1.72. The van der Waals surface area contributed by atoms with Crippen LogP contribution in [-0.2, 0) is 17.9 Å². The van der Waals surface area contributed by atoms with Gasteiger partial charge < -0.3 is 19.5 Å². The number of anilines is 1. The normalized spacial score (nSPS) is 11.4. The van der Waals surface area contributed by atoms with Gasteiger partial charge in [-0.05, 0) is 17.4 Å². The molecule has 0 aliphatic heterocycles. The Morgan fingerprint density at radius 1 is 1.12 bits per heavy atom. The molecule has 1 amide bonds. The largest absolute Gasteiger partial charge is 0.493 e. The summed E-state index contributed by atoms with van der Waals surface area (Å²) in [5, 5.41) is 8.82. The van der Waals surface area contributed by atoms with Crippen molar-refractivity contribution in [3.8, 4) is 17.2 Å². The van der Waals surface area contributed by atoms with Gasteiger partial charge in [0.15, 0.2) is 11.5 Å². The molecule has 0 unspecified atom stereocenters. The Morgan fingerprint density at radius 2 is 1.79 bits per heavy atom. The van der Waals surface area contributed by atoms with E-state index in [1.165, 1.54) is 41.6 Å². The average Bonchev–Trinajstić information content (AvgIpc) is 3.40. The number of carbonyl (C=O) groups excluding carboxylic acids is 1. The zero-order valence-electron chi connectivity index (χ0n) is 19.4. The summed E-state index contributed by atoms with van der Waals surface area (Å²) in [4.78, 5) is 39.0. The van der Waals surface area contributed by atoms with Crippen LogP contribution in [0.25, 0.3) is 16.0 Å². The van der Waals surface area contributed by atoms with Crippen molar-refractivity contribution in [2.24, 2.45) is 5.92 Å². The van der Waals surface area contributed by atoms with Gasteiger partial charge in [-0.3, -0.25) is 14.2 Å². The monoisotopic (exact) mass is 487 g/mol. The van der Waals surface area contributed by atoms with Crippen LogP contribution in [-0.4, -0.2) is 46.0 Å². The van der Waals surface area contributed by atoms with E-state index in [1.807, 2.05) is 13.8 Å². The highest BCUT2D eigenvalue weighted by Crippen LogP contribution is 2.39. The summed E-state index contributed by atoms with van der Waals surface area (Å²) >= 11 is 1.27. The summed E-state index contributed by atoms with van der Waals surface area (Å²) in [7, 11) is 4.43. The lowest BCUT2D eigenvalue weighted by Gasteiger charge is -2.14. The molecule has 11 nitrogen and oxygen atoms in total. The quantitative estimate of drug-likeness (QED) is 0.405. The smallest absolute Gasteiger partial charge is 0.352 e. The standard InChI is InChI=1S/C22H25N5O6S/c1-12(2)10-25-20(29)19-14(6-7-34-19)27-21(25)24-26(22(27)30)11-17(28)23-13-8-15(31-3)18(33-5)16(9-13)32-4/h6-9,12H,10-11H2,1-5H3,(H,23,28). The number of aromatic nitrogens is 4. The summed E-state index contributed by atoms with van der Waals surface area (Å²) in [6.07, 6.45) is 0. The van der Waals surface area contributed by atoms with Crippen LogP contribution in [0.3, 0.4) is 0 Å². The Bertz CT molecular complexity index is 1470. The van der Waals surface area contributed by atoms with Gasteiger partial charge in [0, 0.05) is 24.4 Å². The number of carbonyl (C=O) groups is 1. The molecule has 3 heterocycles. The predicted molar refractivity (Wildman–Crippen MR) is 129 cm³/mol. The van der Waals surface area contributed by atoms with Crippen molar-refractivity contribution in [1.29, 1.82) is 0 Å². The molecular weight excluding hydrogens is 462 g/mol. The minimum Gasteiger partial charge on any atom is -0.493 e. The van der Waals surface area contributed by atoms with E-state index in [0.717, 1.165) is 4.68 Å². The van der Waals surface area contributed by atoms with Gasteiger partial charge in [0.2, 0.25) is 17.4 Å². The first-order valence-electron chi connectivity index (χ1n) is 10.5. The molecule has 3 aromatic heterocycles. The SMILES string of the molecule is COc1cc(NC(=O)Cn2nc3n(CC(C)C)c(=O)c4sccc4n3c2=O)cc(OC)c1OC. The number of amides is 1. The van der Waals surface area contributed by atoms with E-state index in [0.29, 0.717) is 39.7 Å². The Morgan fingerprint density at radius 3 is 2.38 bits per heavy atom. The van der Waals surface area contributed by atoms with Gasteiger partial charge in [-0.15, -0.1) is 16.4 Å². The molecule has 0 bridgehead atoms. The van der Waals surface area contributed by atoms with Crippen molar-refractivity contribution in [2.45, 2.75) is 26.9 Å². The molecule has 0 fully saturated rings. The second-order valence-corrected chi connectivity index (χ2v) is 8.90. The molecule has 12 heteroatoms. The predicted octanol–water partition coefficient (Wildman–Crippen LogP) is 2.19. The van der Waals surface area contributed by atoms with Crippen molar-refractivity contribution in [1.82, 2.24) is 18.7 Å². The lowest BCUT2D eigenvalue weighted by Crippen LogP contribution is -2.29. The third kappa shape index (κ3) is 4.00. The minimum absolute atomic E-state index is 0.155. The highest BCUT2D eigenvalue weighted by Gasteiger charge is 2.20. The molecule has 0 radical (unpaired) electrons. The molecule has 1 aromatic carbocycles. The third-order valence-electron chi connectivity index (χ3n) is 5.18. The maximum atomic E-state index is 13.2. The first kappa shape index (κ1) is 23.4. The number of hydrogen-bond donors (Lipinski definition) is 1. The third-order valence-corrected chi connectivity index (χ3v) is 6.07. The second kappa shape index (κ2) is 9.21. The molecule has 180 valence electrons. The van der Waals surface area contributed by atoms with Gasteiger partial charge in [-0.25, -0.2) is 13.9 Å². The molecule has 0 spiro atoms. The van der Waals surface area contributed by atoms with Crippen LogP contribution in [0.5, 0.6) is 17.2 Å². The molecule has 34 heavy (non-hydrogen) atoms. The van der Waals surface area contributed by atoms with Crippen molar-refractivity contribution >= 4 is 38.9 Å². The van der Waals surface area contributed by atoms with Crippen molar-refractivity contribution in [3.05, 3.63) is 44.4 Å². The topological polar surface area (TPSA) is 118 Å². The fourth-order valence-corrected chi connectivity index (χ4v) is 4.58. The number of fused-ring (bicyclic) bond motifs is 3. The number of nitrogens with one attached hydrogen (secondary N) is 1. The fraction of sp³-hybridized carbons (Fsp3) is 0.364. The molecular formula is C22H25N5O6S. The van der Waals surface area contributed by atoms with E-state index < -0.39 is 11.6 Å². The van der Waals surface area contributed by atoms with Crippen LogP contribution in [0, 0.1) is 5.92 Å². The van der Waals surface area contributed by atoms with Crippen LogP contribution in [0.2, 0.25) is 0 Å². The van der Waals surface area contributed by atoms with Crippen LogP contribution in [0.4, 0.5) is 5.69 Å². The van der Waals surface area contributed by atoms with E-state index in [9.17, 15) is 14.4 Å². The van der Waals surface area contributed by atoms with Crippen LogP contribution < -0.4 is 30.8 Å². The van der Waals surface area contributed by atoms with Gasteiger partial charge in [-0.1, -0.05) is 13.8 Å². The molecule has 4 aromatic rings. The summed E-state index contributed by atoms with van der Waals surface area (Å²) < 4.78 is 20.3. The number of methoxy groups -OCH3 is 3. The van der Waals surface area contributed by atoms with E-state index in [2.05, 4.69) is 10.4 Å². The van der Waals surface area contributed by atoms with Gasteiger partial charge in [0.05, 0.1) is 26.8 Å². The lowest BCUT2D eigenvalue weighted by molar-refractivity contribution is -0.117. The highest BCUT2D eigenvalue weighted by molar-refractivity contribution is 7.17. The highest BCUT2D eigenvalue weighted by atomic mass is 32.1. The van der Waals surface area contributed by atoms with Crippen molar-refractivity contribution < 1.29 is 19.0 Å². The summed E-state index contributed by atoms with van der Waals surface area (Å²) in [6.45, 7) is 3.99. The first-order chi connectivity index (χ1) is 16.3. The summed E-state index contributed by atoms with van der Waals surface area (Å²) in [5.74, 6) is 1.01. The Hall–Kier alpha value is -3.80. The second-order valence-electron chi connectivity index (χ2n) is 7.98. The van der Waals surface area contributed by atoms with Crippen LogP contribution >= 0.6 is 11.3 Å². The van der Waals surface area contributed by atoms with Gasteiger partial charge in [0.25, 0.3) is 5.56 Å². The molecule has 0 saturated carbocycles. The minimum atomic E-state index is -0.504. The fourth-order valence-electron chi connectivity index (χ4n) is 3.76.